The number of carbonyl (C=O) groups excluding carboxylic acids is 1. The summed E-state index contributed by atoms with van der Waals surface area (Å²) in [5.74, 6) is -0.0157. The van der Waals surface area contributed by atoms with Crippen LogP contribution in [0.15, 0.2) is 6.33 Å². The van der Waals surface area contributed by atoms with Crippen molar-refractivity contribution in [2.45, 2.75) is 56.6 Å². The van der Waals surface area contributed by atoms with Crippen molar-refractivity contribution in [3.8, 4) is 0 Å². The molecule has 0 saturated carbocycles. The molecule has 1 amide bonds. The Morgan fingerprint density at radius 3 is 2.73 bits per heavy atom. The molecule has 2 bridgehead atoms. The van der Waals surface area contributed by atoms with Gasteiger partial charge in [0.2, 0.25) is 5.91 Å². The monoisotopic (exact) mass is 442 g/mol. The van der Waals surface area contributed by atoms with Gasteiger partial charge < -0.3 is 20.7 Å². The first kappa shape index (κ1) is 20.9. The first-order chi connectivity index (χ1) is 14.3. The number of hydrogen-bond donors (Lipinski definition) is 4. The third-order valence-electron chi connectivity index (χ3n) is 5.10. The van der Waals surface area contributed by atoms with E-state index >= 15 is 0 Å². The van der Waals surface area contributed by atoms with E-state index in [1.807, 2.05) is 4.72 Å². The van der Waals surface area contributed by atoms with Gasteiger partial charge in [0.05, 0.1) is 6.61 Å². The van der Waals surface area contributed by atoms with Crippen LogP contribution in [0.5, 0.6) is 0 Å². The number of anilines is 1. The smallest absolute Gasteiger partial charge is 0.362 e. The van der Waals surface area contributed by atoms with Crippen LogP contribution >= 0.6 is 0 Å². The van der Waals surface area contributed by atoms with Gasteiger partial charge in [-0.2, -0.15) is 8.42 Å². The van der Waals surface area contributed by atoms with Crippen LogP contribution in [-0.2, 0) is 30.4 Å². The summed E-state index contributed by atoms with van der Waals surface area (Å²) in [5, 5.41) is 21.0. The van der Waals surface area contributed by atoms with E-state index in [9.17, 15) is 23.4 Å². The molecule has 30 heavy (non-hydrogen) atoms. The van der Waals surface area contributed by atoms with E-state index in [-0.39, 0.29) is 12.2 Å². The average Bonchev–Trinajstić information content (AvgIpc) is 3.18. The predicted molar refractivity (Wildman–Crippen MR) is 101 cm³/mol. The Morgan fingerprint density at radius 1 is 1.17 bits per heavy atom. The second-order valence-corrected chi connectivity index (χ2v) is 8.55. The van der Waals surface area contributed by atoms with Crippen LogP contribution in [0, 0.1) is 0 Å². The molecule has 14 heteroatoms. The summed E-state index contributed by atoms with van der Waals surface area (Å²) >= 11 is 0. The maximum absolute atomic E-state index is 12.0. The number of nitrogens with zero attached hydrogens (tertiary/aromatic N) is 4. The molecule has 1 saturated heterocycles. The van der Waals surface area contributed by atoms with E-state index in [1.165, 1.54) is 6.33 Å². The number of nitrogens with two attached hydrogens (primary N) is 1. The summed E-state index contributed by atoms with van der Waals surface area (Å²) < 4.78 is 37.8. The molecule has 5 N–H and O–H groups in total. The molecule has 4 heterocycles. The van der Waals surface area contributed by atoms with Gasteiger partial charge in [-0.05, 0) is 12.8 Å². The molecule has 0 spiro atoms. The van der Waals surface area contributed by atoms with Crippen LogP contribution in [-0.4, -0.2) is 69.0 Å². The molecule has 0 unspecified atom stereocenters. The van der Waals surface area contributed by atoms with Crippen LogP contribution < -0.4 is 10.5 Å². The molecule has 0 aliphatic carbocycles. The van der Waals surface area contributed by atoms with Gasteiger partial charge in [-0.1, -0.05) is 6.42 Å². The zero-order valence-electron chi connectivity index (χ0n) is 15.8. The number of hydrogen-bond acceptors (Lipinski definition) is 11. The second kappa shape index (κ2) is 8.03. The molecule has 0 aromatic carbocycles. The average molecular weight is 442 g/mol. The van der Waals surface area contributed by atoms with E-state index in [4.69, 9.17) is 14.7 Å². The molecular weight excluding hydrogens is 420 g/mol. The lowest BCUT2D eigenvalue weighted by Gasteiger charge is -2.19. The summed E-state index contributed by atoms with van der Waals surface area (Å²) in [5.41, 5.74) is 6.57. The number of ether oxygens (including phenoxy) is 1. The van der Waals surface area contributed by atoms with E-state index < -0.39 is 47.4 Å². The number of fused-ring (bicyclic) bond motifs is 6. The maximum atomic E-state index is 12.0. The fourth-order valence-electron chi connectivity index (χ4n) is 3.62. The van der Waals surface area contributed by atoms with E-state index in [0.29, 0.717) is 42.7 Å². The minimum absolute atomic E-state index is 0.0152. The number of aliphatic hydroxyl groups excluding tert-OH is 2. The number of aliphatic hydroxyl groups is 2. The fourth-order valence-corrected chi connectivity index (χ4v) is 4.37. The molecule has 2 aromatic rings. The van der Waals surface area contributed by atoms with Crippen molar-refractivity contribution in [2.24, 2.45) is 0 Å². The zero-order chi connectivity index (χ0) is 21.5. The number of carbonyl (C=O) groups is 1. The molecular formula is C16H22N6O7S. The number of nitrogens with one attached hydrogen (secondary N) is 1. The minimum Gasteiger partial charge on any atom is -0.387 e. The van der Waals surface area contributed by atoms with Gasteiger partial charge in [0.25, 0.3) is 0 Å². The highest BCUT2D eigenvalue weighted by molar-refractivity contribution is 7.85. The predicted octanol–water partition coefficient (Wildman–Crippen LogP) is -1.48. The highest BCUT2D eigenvalue weighted by atomic mass is 32.2. The van der Waals surface area contributed by atoms with E-state index in [0.717, 1.165) is 0 Å². The highest BCUT2D eigenvalue weighted by Crippen LogP contribution is 2.34. The van der Waals surface area contributed by atoms with Crippen LogP contribution in [0.4, 0.5) is 5.82 Å². The van der Waals surface area contributed by atoms with Crippen molar-refractivity contribution in [3.05, 3.63) is 12.2 Å². The van der Waals surface area contributed by atoms with Gasteiger partial charge >= 0.3 is 10.3 Å². The summed E-state index contributed by atoms with van der Waals surface area (Å²) in [6, 6.07) is 0. The number of nitrogen functional groups attached to an aromatic ring is 1. The van der Waals surface area contributed by atoms with Crippen molar-refractivity contribution in [1.29, 1.82) is 0 Å². The Balaban J connectivity index is 1.73. The third-order valence-corrected chi connectivity index (χ3v) is 6.02. The lowest BCUT2D eigenvalue weighted by molar-refractivity contribution is -0.119. The van der Waals surface area contributed by atoms with Crippen molar-refractivity contribution in [3.63, 3.8) is 0 Å². The number of amides is 1. The quantitative estimate of drug-likeness (QED) is 0.372. The molecule has 1 fully saturated rings. The molecule has 2 aliphatic rings. The zero-order valence-corrected chi connectivity index (χ0v) is 16.7. The van der Waals surface area contributed by atoms with Gasteiger partial charge in [-0.15, -0.1) is 0 Å². The Labute approximate surface area is 171 Å². The van der Waals surface area contributed by atoms with Crippen LogP contribution in [0.1, 0.15) is 37.7 Å². The van der Waals surface area contributed by atoms with Gasteiger partial charge in [0.15, 0.2) is 23.2 Å². The lowest BCUT2D eigenvalue weighted by atomic mass is 10.1. The van der Waals surface area contributed by atoms with Crippen molar-refractivity contribution < 1.29 is 32.3 Å². The Hall–Kier alpha value is -2.39. The Kier molecular flexibility index (Phi) is 5.59. The number of rotatable bonds is 0. The fraction of sp³-hybridized carbons (Fsp3) is 0.625. The van der Waals surface area contributed by atoms with Crippen LogP contribution in [0.2, 0.25) is 0 Å². The van der Waals surface area contributed by atoms with E-state index in [1.54, 1.807) is 4.57 Å². The summed E-state index contributed by atoms with van der Waals surface area (Å²) in [4.78, 5) is 24.4. The third kappa shape index (κ3) is 3.96. The van der Waals surface area contributed by atoms with Crippen molar-refractivity contribution >= 4 is 33.2 Å². The molecule has 4 rings (SSSR count). The molecule has 2 aromatic heterocycles. The molecule has 2 aliphatic heterocycles. The molecule has 164 valence electrons. The van der Waals surface area contributed by atoms with Crippen molar-refractivity contribution in [1.82, 2.24) is 24.2 Å². The molecule has 0 radical (unpaired) electrons. The maximum Gasteiger partial charge on any atom is 0.362 e. The summed E-state index contributed by atoms with van der Waals surface area (Å²) in [6.45, 7) is -0.601. The van der Waals surface area contributed by atoms with Crippen molar-refractivity contribution in [2.75, 3.05) is 12.3 Å². The van der Waals surface area contributed by atoms with Gasteiger partial charge in [0.1, 0.15) is 30.5 Å². The second-order valence-electron chi connectivity index (χ2n) is 7.20. The first-order valence-electron chi connectivity index (χ1n) is 9.45. The Morgan fingerprint density at radius 2 is 1.93 bits per heavy atom. The van der Waals surface area contributed by atoms with E-state index in [2.05, 4.69) is 15.0 Å². The minimum atomic E-state index is -4.37. The Bertz CT molecular complexity index is 1060. The topological polar surface area (TPSA) is 192 Å². The highest BCUT2D eigenvalue weighted by Gasteiger charge is 2.46. The largest absolute Gasteiger partial charge is 0.387 e. The van der Waals surface area contributed by atoms with Crippen LogP contribution in [0.3, 0.4) is 0 Å². The van der Waals surface area contributed by atoms with Crippen LogP contribution in [0.25, 0.3) is 11.2 Å². The normalized spacial score (nSPS) is 30.3. The lowest BCUT2D eigenvalue weighted by Crippen LogP contribution is -2.37. The van der Waals surface area contributed by atoms with Gasteiger partial charge in [0, 0.05) is 12.8 Å². The van der Waals surface area contributed by atoms with Gasteiger partial charge in [-0.3, -0.25) is 13.5 Å². The SMILES string of the molecule is Nc1ncnc2c1nc1n2[C@@H]2O[C@H](COS(=O)(=O)NC(=O)CCCCC1)[C@@H](O)[C@H]2O. The number of aromatic nitrogens is 4. The number of aryl methyl sites for hydroxylation is 1. The standard InChI is InChI=1S/C16H22N6O7S/c17-14-11-15(19-7-18-14)22-9(20-11)4-2-1-3-5-10(23)21-30(26,27)28-6-8-12(24)13(25)16(22)29-8/h7-8,12-13,16,24-25H,1-6H2,(H,21,23)(H2,17,18,19)/t8-,12-,13-,16-/m1/s1. The first-order valence-corrected chi connectivity index (χ1v) is 10.9. The summed E-state index contributed by atoms with van der Waals surface area (Å²) in [6.07, 6.45) is -1.68. The van der Waals surface area contributed by atoms with Gasteiger partial charge in [-0.25, -0.2) is 19.7 Å². The molecule has 13 nitrogen and oxygen atoms in total. The number of imidazole rings is 1. The summed E-state index contributed by atoms with van der Waals surface area (Å²) in [7, 11) is -4.37. The molecule has 4 atom stereocenters.